The van der Waals surface area contributed by atoms with Crippen molar-refractivity contribution in [2.24, 2.45) is 5.92 Å². The number of carbonyl (C=O) groups excluding carboxylic acids is 2. The highest BCUT2D eigenvalue weighted by molar-refractivity contribution is 7.18. The van der Waals surface area contributed by atoms with Gasteiger partial charge in [-0.15, -0.1) is 10.2 Å². The number of benzene rings is 1. The highest BCUT2D eigenvalue weighted by atomic mass is 32.1. The van der Waals surface area contributed by atoms with E-state index >= 15 is 0 Å². The van der Waals surface area contributed by atoms with Crippen LogP contribution >= 0.6 is 11.3 Å². The van der Waals surface area contributed by atoms with E-state index < -0.39 is 11.9 Å². The quantitative estimate of drug-likeness (QED) is 0.593. The van der Waals surface area contributed by atoms with Crippen molar-refractivity contribution >= 4 is 28.3 Å². The lowest BCUT2D eigenvalue weighted by Gasteiger charge is -2.22. The molecule has 3 heterocycles. The average molecular weight is 428 g/mol. The molecule has 30 heavy (non-hydrogen) atoms. The van der Waals surface area contributed by atoms with Crippen molar-refractivity contribution in [3.63, 3.8) is 0 Å². The number of furan rings is 1. The minimum atomic E-state index is -0.745. The lowest BCUT2D eigenvalue weighted by atomic mass is 9.98. The second-order valence-corrected chi connectivity index (χ2v) is 7.76. The third kappa shape index (κ3) is 4.13. The Morgan fingerprint density at radius 2 is 2.03 bits per heavy atom. The monoisotopic (exact) mass is 428 g/mol. The van der Waals surface area contributed by atoms with Gasteiger partial charge in [0.15, 0.2) is 17.3 Å². The summed E-state index contributed by atoms with van der Waals surface area (Å²) in [7, 11) is 0. The van der Waals surface area contributed by atoms with Gasteiger partial charge in [0, 0.05) is 5.56 Å². The first-order valence-corrected chi connectivity index (χ1v) is 10.3. The SMILES string of the molecule is CCC(C)C(NC(=O)c1ccco1)C(=O)Nc1nnc(-c2ccc3c(c2)OCO3)s1. The first-order chi connectivity index (χ1) is 14.5. The number of carbonyl (C=O) groups is 2. The lowest BCUT2D eigenvalue weighted by molar-refractivity contribution is -0.119. The molecule has 0 spiro atoms. The molecule has 0 bridgehead atoms. The van der Waals surface area contributed by atoms with Crippen molar-refractivity contribution in [2.75, 3.05) is 12.1 Å². The number of nitrogens with one attached hydrogen (secondary N) is 2. The van der Waals surface area contributed by atoms with E-state index in [1.54, 1.807) is 18.2 Å². The Labute approximate surface area is 176 Å². The molecule has 2 unspecified atom stereocenters. The van der Waals surface area contributed by atoms with Gasteiger partial charge in [-0.25, -0.2) is 0 Å². The van der Waals surface area contributed by atoms with E-state index in [-0.39, 0.29) is 24.4 Å². The maximum atomic E-state index is 12.9. The van der Waals surface area contributed by atoms with E-state index in [1.165, 1.54) is 17.6 Å². The van der Waals surface area contributed by atoms with Gasteiger partial charge in [0.05, 0.1) is 6.26 Å². The van der Waals surface area contributed by atoms with Gasteiger partial charge < -0.3 is 19.2 Å². The van der Waals surface area contributed by atoms with Gasteiger partial charge in [-0.05, 0) is 36.2 Å². The Hall–Kier alpha value is -3.40. The number of ether oxygens (including phenoxy) is 2. The average Bonchev–Trinajstić information content (AvgIpc) is 3.52. The second kappa shape index (κ2) is 8.54. The number of anilines is 1. The van der Waals surface area contributed by atoms with Gasteiger partial charge >= 0.3 is 0 Å². The summed E-state index contributed by atoms with van der Waals surface area (Å²) < 4.78 is 15.8. The molecular formula is C20H20N4O5S. The fraction of sp³-hybridized carbons (Fsp3) is 0.300. The predicted molar refractivity (Wildman–Crippen MR) is 110 cm³/mol. The zero-order valence-corrected chi connectivity index (χ0v) is 17.2. The standard InChI is InChI=1S/C20H20N4O5S/c1-3-11(2)16(21-17(25)14-5-4-8-27-14)18(26)22-20-24-23-19(30-20)12-6-7-13-15(9-12)29-10-28-13/h4-9,11,16H,3,10H2,1-2H3,(H,21,25)(H,22,24,26). The molecule has 1 aromatic carbocycles. The van der Waals surface area contributed by atoms with Crippen molar-refractivity contribution in [1.82, 2.24) is 15.5 Å². The number of rotatable bonds is 7. The summed E-state index contributed by atoms with van der Waals surface area (Å²) in [6, 6.07) is 7.90. The van der Waals surface area contributed by atoms with E-state index in [0.717, 1.165) is 5.56 Å². The molecule has 9 nitrogen and oxygen atoms in total. The van der Waals surface area contributed by atoms with Crippen LogP contribution < -0.4 is 20.1 Å². The minimum Gasteiger partial charge on any atom is -0.459 e. The number of hydrogen-bond acceptors (Lipinski definition) is 8. The summed E-state index contributed by atoms with van der Waals surface area (Å²) in [4.78, 5) is 25.2. The molecule has 0 aliphatic carbocycles. The zero-order chi connectivity index (χ0) is 21.1. The van der Waals surface area contributed by atoms with Gasteiger partial charge in [-0.1, -0.05) is 31.6 Å². The normalized spacial score (nSPS) is 14.2. The van der Waals surface area contributed by atoms with Gasteiger partial charge in [-0.3, -0.25) is 14.9 Å². The largest absolute Gasteiger partial charge is 0.459 e. The molecule has 1 aliphatic rings. The van der Waals surface area contributed by atoms with E-state index in [4.69, 9.17) is 13.9 Å². The van der Waals surface area contributed by atoms with E-state index in [9.17, 15) is 9.59 Å². The summed E-state index contributed by atoms with van der Waals surface area (Å²) in [5.74, 6) is 0.574. The molecule has 0 saturated carbocycles. The topological polar surface area (TPSA) is 116 Å². The first kappa shape index (κ1) is 19.9. The molecule has 2 atom stereocenters. The molecule has 2 aromatic heterocycles. The van der Waals surface area contributed by atoms with E-state index in [2.05, 4.69) is 20.8 Å². The predicted octanol–water partition coefficient (Wildman–Crippen LogP) is 3.31. The summed E-state index contributed by atoms with van der Waals surface area (Å²) in [6.07, 6.45) is 2.11. The van der Waals surface area contributed by atoms with Crippen molar-refractivity contribution in [1.29, 1.82) is 0 Å². The summed E-state index contributed by atoms with van der Waals surface area (Å²) >= 11 is 1.23. The molecule has 3 aromatic rings. The van der Waals surface area contributed by atoms with Crippen LogP contribution in [0.15, 0.2) is 41.0 Å². The van der Waals surface area contributed by atoms with Crippen molar-refractivity contribution in [3.8, 4) is 22.1 Å². The van der Waals surface area contributed by atoms with Crippen molar-refractivity contribution in [3.05, 3.63) is 42.4 Å². The Morgan fingerprint density at radius 3 is 2.80 bits per heavy atom. The number of hydrogen-bond donors (Lipinski definition) is 2. The van der Waals surface area contributed by atoms with Crippen LogP contribution in [-0.4, -0.2) is 34.8 Å². The smallest absolute Gasteiger partial charge is 0.287 e. The first-order valence-electron chi connectivity index (χ1n) is 9.44. The molecule has 0 radical (unpaired) electrons. The van der Waals surface area contributed by atoms with Crippen LogP contribution in [-0.2, 0) is 4.79 Å². The maximum absolute atomic E-state index is 12.9. The van der Waals surface area contributed by atoms with Crippen molar-refractivity contribution < 1.29 is 23.5 Å². The maximum Gasteiger partial charge on any atom is 0.287 e. The number of fused-ring (bicyclic) bond motifs is 1. The minimum absolute atomic E-state index is 0.0924. The lowest BCUT2D eigenvalue weighted by Crippen LogP contribution is -2.47. The summed E-state index contributed by atoms with van der Waals surface area (Å²) in [5, 5.41) is 14.7. The molecule has 4 rings (SSSR count). The summed E-state index contributed by atoms with van der Waals surface area (Å²) in [5.41, 5.74) is 0.807. The Kier molecular flexibility index (Phi) is 5.66. The Bertz CT molecular complexity index is 1050. The third-order valence-electron chi connectivity index (χ3n) is 4.80. The molecule has 2 amide bonds. The Morgan fingerprint density at radius 1 is 1.20 bits per heavy atom. The third-order valence-corrected chi connectivity index (χ3v) is 5.69. The molecule has 10 heteroatoms. The van der Waals surface area contributed by atoms with Crippen LogP contribution in [0.2, 0.25) is 0 Å². The molecule has 0 fully saturated rings. The second-order valence-electron chi connectivity index (χ2n) is 6.78. The van der Waals surface area contributed by atoms with Crippen LogP contribution in [0, 0.1) is 5.92 Å². The van der Waals surface area contributed by atoms with Gasteiger partial charge in [0.25, 0.3) is 5.91 Å². The van der Waals surface area contributed by atoms with Crippen LogP contribution in [0.5, 0.6) is 11.5 Å². The highest BCUT2D eigenvalue weighted by Gasteiger charge is 2.28. The number of amides is 2. The van der Waals surface area contributed by atoms with Crippen LogP contribution in [0.25, 0.3) is 10.6 Å². The number of nitrogens with zero attached hydrogens (tertiary/aromatic N) is 2. The van der Waals surface area contributed by atoms with E-state index in [0.29, 0.717) is 28.1 Å². The number of aromatic nitrogens is 2. The van der Waals surface area contributed by atoms with Crippen LogP contribution in [0.3, 0.4) is 0 Å². The molecule has 2 N–H and O–H groups in total. The molecule has 1 aliphatic heterocycles. The van der Waals surface area contributed by atoms with Gasteiger partial charge in [-0.2, -0.15) is 0 Å². The van der Waals surface area contributed by atoms with Crippen LogP contribution in [0.1, 0.15) is 30.8 Å². The fourth-order valence-corrected chi connectivity index (χ4v) is 3.67. The van der Waals surface area contributed by atoms with Crippen LogP contribution in [0.4, 0.5) is 5.13 Å². The van der Waals surface area contributed by atoms with Crippen molar-refractivity contribution in [2.45, 2.75) is 26.3 Å². The zero-order valence-electron chi connectivity index (χ0n) is 16.4. The van der Waals surface area contributed by atoms with Gasteiger partial charge in [0.1, 0.15) is 11.0 Å². The summed E-state index contributed by atoms with van der Waals surface area (Å²) in [6.45, 7) is 4.04. The fourth-order valence-electron chi connectivity index (χ4n) is 2.93. The molecular weight excluding hydrogens is 408 g/mol. The Balaban J connectivity index is 1.47. The molecule has 156 valence electrons. The van der Waals surface area contributed by atoms with Gasteiger partial charge in [0.2, 0.25) is 17.8 Å². The molecule has 0 saturated heterocycles. The van der Waals surface area contributed by atoms with E-state index in [1.807, 2.05) is 26.0 Å². The highest BCUT2D eigenvalue weighted by Crippen LogP contribution is 2.37.